The highest BCUT2D eigenvalue weighted by molar-refractivity contribution is 6.42. The number of hydrogen-bond donors (Lipinski definition) is 2. The first-order chi connectivity index (χ1) is 15.7. The fraction of sp³-hybridized carbons (Fsp3) is 0.455. The van der Waals surface area contributed by atoms with Gasteiger partial charge in [0.25, 0.3) is 11.5 Å². The number of H-pyrrole nitrogens is 1. The maximum absolute atomic E-state index is 13.0. The number of aromatic nitrogens is 2. The van der Waals surface area contributed by atoms with Gasteiger partial charge in [0.2, 0.25) is 0 Å². The van der Waals surface area contributed by atoms with Crippen molar-refractivity contribution < 1.29 is 14.3 Å². The second-order valence-corrected chi connectivity index (χ2v) is 8.27. The van der Waals surface area contributed by atoms with Gasteiger partial charge in [0.1, 0.15) is 5.82 Å². The molecule has 1 heterocycles. The van der Waals surface area contributed by atoms with Crippen LogP contribution in [0.15, 0.2) is 27.8 Å². The van der Waals surface area contributed by atoms with Crippen molar-refractivity contribution in [3.8, 4) is 0 Å². The summed E-state index contributed by atoms with van der Waals surface area (Å²) >= 11 is 11.8. The Labute approximate surface area is 201 Å². The summed E-state index contributed by atoms with van der Waals surface area (Å²) in [5, 5.41) is 0.451. The average molecular weight is 499 g/mol. The van der Waals surface area contributed by atoms with Crippen LogP contribution in [-0.4, -0.2) is 34.6 Å². The van der Waals surface area contributed by atoms with Gasteiger partial charge in [0.15, 0.2) is 12.3 Å². The Morgan fingerprint density at radius 3 is 2.42 bits per heavy atom. The van der Waals surface area contributed by atoms with E-state index in [0.29, 0.717) is 19.4 Å². The Morgan fingerprint density at radius 2 is 1.79 bits per heavy atom. The van der Waals surface area contributed by atoms with Crippen LogP contribution in [0.3, 0.4) is 0 Å². The first kappa shape index (κ1) is 26.5. The van der Waals surface area contributed by atoms with Gasteiger partial charge in [-0.25, -0.2) is 9.59 Å². The largest absolute Gasteiger partial charge is 0.452 e. The molecule has 0 aliphatic rings. The van der Waals surface area contributed by atoms with Crippen LogP contribution >= 0.6 is 23.2 Å². The fourth-order valence-electron chi connectivity index (χ4n) is 3.17. The van der Waals surface area contributed by atoms with Crippen LogP contribution < -0.4 is 21.9 Å². The highest BCUT2D eigenvalue weighted by Crippen LogP contribution is 2.23. The predicted octanol–water partition coefficient (Wildman–Crippen LogP) is 3.61. The monoisotopic (exact) mass is 498 g/mol. The van der Waals surface area contributed by atoms with Crippen molar-refractivity contribution in [2.75, 3.05) is 23.8 Å². The standard InChI is InChI=1S/C22H28Cl2N4O5/c1-3-5-7-11-27(18-19(25)28(10-6-4-2)22(32)26-20(18)30)17(29)13-33-21(31)14-8-9-15(23)16(24)12-14/h8-9,12H,3-7,10-11,13,25H2,1-2H3,(H,26,30,32). The Balaban J connectivity index is 2.31. The zero-order valence-electron chi connectivity index (χ0n) is 18.7. The van der Waals surface area contributed by atoms with Gasteiger partial charge in [0, 0.05) is 13.1 Å². The molecule has 11 heteroatoms. The predicted molar refractivity (Wildman–Crippen MR) is 129 cm³/mol. The number of nitrogens with one attached hydrogen (secondary N) is 1. The molecule has 1 aromatic carbocycles. The molecule has 180 valence electrons. The Hall–Kier alpha value is -2.78. The lowest BCUT2D eigenvalue weighted by Crippen LogP contribution is -2.43. The number of nitrogen functional groups attached to an aromatic ring is 1. The van der Waals surface area contributed by atoms with E-state index in [1.165, 1.54) is 27.7 Å². The van der Waals surface area contributed by atoms with E-state index in [9.17, 15) is 19.2 Å². The van der Waals surface area contributed by atoms with Crippen LogP contribution in [0.1, 0.15) is 56.3 Å². The van der Waals surface area contributed by atoms with Gasteiger partial charge in [0.05, 0.1) is 15.6 Å². The van der Waals surface area contributed by atoms with Gasteiger partial charge in [-0.15, -0.1) is 0 Å². The van der Waals surface area contributed by atoms with E-state index < -0.39 is 29.7 Å². The number of rotatable bonds is 11. The third-order valence-corrected chi connectivity index (χ3v) is 5.73. The number of unbranched alkanes of at least 4 members (excludes halogenated alkanes) is 3. The smallest absolute Gasteiger partial charge is 0.338 e. The van der Waals surface area contributed by atoms with Crippen molar-refractivity contribution in [3.63, 3.8) is 0 Å². The molecule has 0 radical (unpaired) electrons. The van der Waals surface area contributed by atoms with Crippen LogP contribution in [-0.2, 0) is 16.1 Å². The molecular formula is C22H28Cl2N4O5. The van der Waals surface area contributed by atoms with Gasteiger partial charge in [-0.3, -0.25) is 19.1 Å². The Kier molecular flexibility index (Phi) is 9.99. The summed E-state index contributed by atoms with van der Waals surface area (Å²) in [6.07, 6.45) is 3.76. The molecule has 9 nitrogen and oxygen atoms in total. The molecule has 2 rings (SSSR count). The van der Waals surface area contributed by atoms with Gasteiger partial charge in [-0.2, -0.15) is 0 Å². The first-order valence-electron chi connectivity index (χ1n) is 10.8. The number of hydrogen-bond acceptors (Lipinski definition) is 6. The molecule has 0 spiro atoms. The molecule has 0 aliphatic carbocycles. The van der Waals surface area contributed by atoms with Crippen LogP contribution in [0.25, 0.3) is 0 Å². The summed E-state index contributed by atoms with van der Waals surface area (Å²) in [6.45, 7) is 3.80. The van der Waals surface area contributed by atoms with Gasteiger partial charge in [-0.05, 0) is 31.0 Å². The number of esters is 1. The number of carbonyl (C=O) groups excluding carboxylic acids is 2. The number of carbonyl (C=O) groups is 2. The molecule has 2 aromatic rings. The molecule has 33 heavy (non-hydrogen) atoms. The van der Waals surface area contributed by atoms with E-state index in [1.807, 2.05) is 13.8 Å². The molecule has 3 N–H and O–H groups in total. The maximum atomic E-state index is 13.0. The number of aromatic amines is 1. The van der Waals surface area contributed by atoms with E-state index in [1.54, 1.807) is 0 Å². The number of nitrogens with two attached hydrogens (primary N) is 1. The van der Waals surface area contributed by atoms with Crippen molar-refractivity contribution >= 4 is 46.6 Å². The normalized spacial score (nSPS) is 10.8. The highest BCUT2D eigenvalue weighted by atomic mass is 35.5. The van der Waals surface area contributed by atoms with Crippen LogP contribution in [0, 0.1) is 0 Å². The van der Waals surface area contributed by atoms with E-state index in [4.69, 9.17) is 33.7 Å². The minimum Gasteiger partial charge on any atom is -0.452 e. The third-order valence-electron chi connectivity index (χ3n) is 4.99. The zero-order chi connectivity index (χ0) is 24.5. The van der Waals surface area contributed by atoms with E-state index in [-0.39, 0.29) is 33.7 Å². The topological polar surface area (TPSA) is 127 Å². The lowest BCUT2D eigenvalue weighted by molar-refractivity contribution is -0.121. The van der Waals surface area contributed by atoms with Crippen LogP contribution in [0.2, 0.25) is 10.0 Å². The number of ether oxygens (including phenoxy) is 1. The SMILES string of the molecule is CCCCCN(C(=O)COC(=O)c1ccc(Cl)c(Cl)c1)c1c(N)n(CCCC)c(=O)[nH]c1=O. The lowest BCUT2D eigenvalue weighted by Gasteiger charge is -2.24. The summed E-state index contributed by atoms with van der Waals surface area (Å²) < 4.78 is 6.38. The fourth-order valence-corrected chi connectivity index (χ4v) is 3.47. The molecule has 0 bridgehead atoms. The van der Waals surface area contributed by atoms with Gasteiger partial charge in [-0.1, -0.05) is 56.3 Å². The Morgan fingerprint density at radius 1 is 1.09 bits per heavy atom. The van der Waals surface area contributed by atoms with Crippen molar-refractivity contribution in [2.45, 2.75) is 52.5 Å². The average Bonchev–Trinajstić information content (AvgIpc) is 2.77. The maximum Gasteiger partial charge on any atom is 0.338 e. The molecule has 1 aromatic heterocycles. The molecule has 0 aliphatic heterocycles. The molecule has 0 fully saturated rings. The minimum atomic E-state index is -0.773. The summed E-state index contributed by atoms with van der Waals surface area (Å²) in [7, 11) is 0. The van der Waals surface area contributed by atoms with Crippen molar-refractivity contribution in [1.29, 1.82) is 0 Å². The summed E-state index contributed by atoms with van der Waals surface area (Å²) in [5.41, 5.74) is 4.75. The first-order valence-corrected chi connectivity index (χ1v) is 11.5. The van der Waals surface area contributed by atoms with Crippen LogP contribution in [0.5, 0.6) is 0 Å². The summed E-state index contributed by atoms with van der Waals surface area (Å²) in [6, 6.07) is 4.20. The quantitative estimate of drug-likeness (QED) is 0.359. The van der Waals surface area contributed by atoms with E-state index in [2.05, 4.69) is 4.98 Å². The number of amides is 1. The lowest BCUT2D eigenvalue weighted by atomic mass is 10.2. The molecule has 0 unspecified atom stereocenters. The van der Waals surface area contributed by atoms with Crippen molar-refractivity contribution in [1.82, 2.24) is 9.55 Å². The van der Waals surface area contributed by atoms with Crippen molar-refractivity contribution in [2.24, 2.45) is 0 Å². The van der Waals surface area contributed by atoms with Crippen LogP contribution in [0.4, 0.5) is 11.5 Å². The minimum absolute atomic E-state index is 0.0992. The second-order valence-electron chi connectivity index (χ2n) is 7.46. The van der Waals surface area contributed by atoms with E-state index >= 15 is 0 Å². The number of benzene rings is 1. The highest BCUT2D eigenvalue weighted by Gasteiger charge is 2.25. The van der Waals surface area contributed by atoms with Crippen molar-refractivity contribution in [3.05, 3.63) is 54.6 Å². The molecule has 0 atom stereocenters. The summed E-state index contributed by atoms with van der Waals surface area (Å²) in [4.78, 5) is 53.6. The number of nitrogens with zero attached hydrogens (tertiary/aromatic N) is 2. The molecular weight excluding hydrogens is 471 g/mol. The second kappa shape index (κ2) is 12.5. The third kappa shape index (κ3) is 6.85. The Bertz CT molecular complexity index is 1110. The molecule has 0 saturated carbocycles. The molecule has 1 amide bonds. The number of anilines is 2. The molecule has 0 saturated heterocycles. The zero-order valence-corrected chi connectivity index (χ0v) is 20.2. The van der Waals surface area contributed by atoms with Gasteiger partial charge < -0.3 is 15.4 Å². The van der Waals surface area contributed by atoms with E-state index in [0.717, 1.165) is 19.3 Å². The number of halogens is 2. The van der Waals surface area contributed by atoms with Gasteiger partial charge >= 0.3 is 11.7 Å². The summed E-state index contributed by atoms with van der Waals surface area (Å²) in [5.74, 6) is -1.51.